The number of nitrogens with one attached hydrogen (secondary N) is 1. The summed E-state index contributed by atoms with van der Waals surface area (Å²) >= 11 is 5.80. The van der Waals surface area contributed by atoms with E-state index < -0.39 is 5.97 Å². The van der Waals surface area contributed by atoms with Crippen molar-refractivity contribution < 1.29 is 19.1 Å². The second-order valence-electron chi connectivity index (χ2n) is 4.44. The van der Waals surface area contributed by atoms with E-state index in [1.54, 1.807) is 18.2 Å². The van der Waals surface area contributed by atoms with Crippen molar-refractivity contribution in [2.24, 2.45) is 0 Å². The number of benzene rings is 1. The van der Waals surface area contributed by atoms with Crippen molar-refractivity contribution >= 4 is 36.4 Å². The van der Waals surface area contributed by atoms with Gasteiger partial charge in [0.2, 0.25) is 6.41 Å². The molecule has 0 aromatic heterocycles. The Morgan fingerprint density at radius 3 is 2.33 bits per heavy atom. The van der Waals surface area contributed by atoms with Crippen LogP contribution in [0.1, 0.15) is 24.2 Å². The Balaban J connectivity index is 0. The number of methoxy groups -OCH3 is 2. The summed E-state index contributed by atoms with van der Waals surface area (Å²) in [4.78, 5) is 23.2. The third-order valence-corrected chi connectivity index (χ3v) is 3.44. The van der Waals surface area contributed by atoms with Crippen molar-refractivity contribution in [3.05, 3.63) is 28.8 Å². The number of carbonyl (C=O) groups excluding carboxylic acids is 2. The van der Waals surface area contributed by atoms with Crippen molar-refractivity contribution in [3.8, 4) is 5.75 Å². The summed E-state index contributed by atoms with van der Waals surface area (Å²) in [5.74, 6) is 0.158. The minimum atomic E-state index is -0.451. The number of esters is 1. The van der Waals surface area contributed by atoms with Gasteiger partial charge < -0.3 is 19.7 Å². The lowest BCUT2D eigenvalue weighted by molar-refractivity contribution is -0.109. The van der Waals surface area contributed by atoms with Gasteiger partial charge in [-0.25, -0.2) is 4.79 Å². The van der Waals surface area contributed by atoms with E-state index in [0.717, 1.165) is 32.6 Å². The van der Waals surface area contributed by atoms with Crippen molar-refractivity contribution in [2.45, 2.75) is 13.8 Å². The highest BCUT2D eigenvalue weighted by atomic mass is 35.5. The maximum atomic E-state index is 11.1. The molecule has 0 fully saturated rings. The fourth-order valence-electron chi connectivity index (χ4n) is 1.72. The zero-order chi connectivity index (χ0) is 17.7. The summed E-state index contributed by atoms with van der Waals surface area (Å²) in [6.45, 7) is 8.04. The van der Waals surface area contributed by atoms with Gasteiger partial charge in [0, 0.05) is 13.1 Å². The molecule has 0 unspecified atom stereocenters. The molecule has 0 heterocycles. The molecule has 6 nitrogen and oxygen atoms in total. The number of hydrogen-bond donors (Lipinski definition) is 1. The van der Waals surface area contributed by atoms with Crippen LogP contribution in [0.2, 0.25) is 5.02 Å². The number of ether oxygens (including phenoxy) is 2. The van der Waals surface area contributed by atoms with Gasteiger partial charge in [0.05, 0.1) is 24.8 Å². The molecule has 0 radical (unpaired) electrons. The van der Waals surface area contributed by atoms with E-state index in [9.17, 15) is 9.59 Å². The molecule has 138 valence electrons. The van der Waals surface area contributed by atoms with Gasteiger partial charge in [-0.1, -0.05) is 25.4 Å². The predicted molar refractivity (Wildman–Crippen MR) is 98.4 cm³/mol. The Hall–Kier alpha value is -1.50. The molecule has 0 aliphatic rings. The SMILES string of the molecule is CCN(CC)CCNC=O.COC(=O)c1ccc(OC)cc1Cl.Cl. The van der Waals surface area contributed by atoms with Crippen LogP contribution in [0.4, 0.5) is 0 Å². The van der Waals surface area contributed by atoms with Crippen LogP contribution in [0, 0.1) is 0 Å². The summed E-state index contributed by atoms with van der Waals surface area (Å²) in [6, 6.07) is 4.78. The highest BCUT2D eigenvalue weighted by Crippen LogP contribution is 2.22. The molecule has 1 rings (SSSR count). The largest absolute Gasteiger partial charge is 0.497 e. The molecule has 1 N–H and O–H groups in total. The van der Waals surface area contributed by atoms with Gasteiger partial charge in [0.25, 0.3) is 0 Å². The van der Waals surface area contributed by atoms with E-state index in [1.807, 2.05) is 0 Å². The average molecular weight is 381 g/mol. The van der Waals surface area contributed by atoms with Crippen LogP contribution in [0.5, 0.6) is 5.75 Å². The van der Waals surface area contributed by atoms with Crippen molar-refractivity contribution in [2.75, 3.05) is 40.4 Å². The highest BCUT2D eigenvalue weighted by Gasteiger charge is 2.10. The Kier molecular flexibility index (Phi) is 15.5. The minimum absolute atomic E-state index is 0. The summed E-state index contributed by atoms with van der Waals surface area (Å²) < 4.78 is 9.45. The Morgan fingerprint density at radius 1 is 1.29 bits per heavy atom. The van der Waals surface area contributed by atoms with Crippen molar-refractivity contribution in [1.82, 2.24) is 10.2 Å². The Bertz CT molecular complexity index is 483. The van der Waals surface area contributed by atoms with Crippen molar-refractivity contribution in [1.29, 1.82) is 0 Å². The first-order valence-corrected chi connectivity index (χ1v) is 7.72. The number of likely N-dealkylation sites (N-methyl/N-ethyl adjacent to an activating group) is 1. The summed E-state index contributed by atoms with van der Waals surface area (Å²) in [6.07, 6.45) is 0.740. The Labute approximate surface area is 154 Å². The van der Waals surface area contributed by atoms with Gasteiger partial charge in [-0.05, 0) is 31.3 Å². The molecule has 24 heavy (non-hydrogen) atoms. The number of amides is 1. The molecular weight excluding hydrogens is 355 g/mol. The van der Waals surface area contributed by atoms with Gasteiger partial charge in [-0.15, -0.1) is 12.4 Å². The van der Waals surface area contributed by atoms with E-state index >= 15 is 0 Å². The van der Waals surface area contributed by atoms with E-state index in [4.69, 9.17) is 16.3 Å². The molecule has 0 aliphatic carbocycles. The van der Waals surface area contributed by atoms with Gasteiger partial charge in [0.15, 0.2) is 0 Å². The first-order valence-electron chi connectivity index (χ1n) is 7.35. The minimum Gasteiger partial charge on any atom is -0.497 e. The fourth-order valence-corrected chi connectivity index (χ4v) is 1.97. The van der Waals surface area contributed by atoms with E-state index in [-0.39, 0.29) is 12.4 Å². The van der Waals surface area contributed by atoms with Gasteiger partial charge in [0.1, 0.15) is 5.75 Å². The van der Waals surface area contributed by atoms with Crippen LogP contribution >= 0.6 is 24.0 Å². The van der Waals surface area contributed by atoms with Gasteiger partial charge in [-0.2, -0.15) is 0 Å². The molecule has 1 aromatic rings. The maximum Gasteiger partial charge on any atom is 0.339 e. The molecule has 0 bridgehead atoms. The van der Waals surface area contributed by atoms with Gasteiger partial charge in [-0.3, -0.25) is 4.79 Å². The smallest absolute Gasteiger partial charge is 0.339 e. The van der Waals surface area contributed by atoms with Crippen LogP contribution in [0.3, 0.4) is 0 Å². The van der Waals surface area contributed by atoms with Crippen LogP contribution in [-0.2, 0) is 9.53 Å². The number of carbonyl (C=O) groups is 2. The third kappa shape index (κ3) is 9.60. The monoisotopic (exact) mass is 380 g/mol. The summed E-state index contributed by atoms with van der Waals surface area (Å²) in [7, 11) is 2.84. The van der Waals surface area contributed by atoms with Crippen LogP contribution in [-0.4, -0.2) is 57.7 Å². The number of halogens is 2. The number of rotatable bonds is 8. The molecule has 0 saturated carbocycles. The van der Waals surface area contributed by atoms with Crippen LogP contribution in [0.25, 0.3) is 0 Å². The summed E-state index contributed by atoms with van der Waals surface area (Å²) in [5, 5.41) is 2.95. The average Bonchev–Trinajstić information content (AvgIpc) is 2.58. The van der Waals surface area contributed by atoms with E-state index in [2.05, 4.69) is 28.8 Å². The maximum absolute atomic E-state index is 11.1. The highest BCUT2D eigenvalue weighted by molar-refractivity contribution is 6.33. The number of nitrogens with zero attached hydrogens (tertiary/aromatic N) is 1. The quantitative estimate of drug-likeness (QED) is 0.426. The standard InChI is InChI=1S/C9H9ClO3.C7H16N2O.ClH/c1-12-6-3-4-7(8(10)5-6)9(11)13-2;1-3-9(4-2)6-5-8-7-10;/h3-5H,1-2H3;7H,3-6H2,1-2H3,(H,8,10);1H. The molecular formula is C16H26Cl2N2O4. The topological polar surface area (TPSA) is 67.9 Å². The molecule has 8 heteroatoms. The predicted octanol–water partition coefficient (Wildman–Crippen LogP) is 2.63. The van der Waals surface area contributed by atoms with Crippen LogP contribution < -0.4 is 10.1 Å². The lowest BCUT2D eigenvalue weighted by Crippen LogP contribution is -2.31. The Morgan fingerprint density at radius 2 is 1.92 bits per heavy atom. The molecule has 0 atom stereocenters. The van der Waals surface area contributed by atoms with E-state index in [0.29, 0.717) is 16.3 Å². The van der Waals surface area contributed by atoms with Crippen LogP contribution in [0.15, 0.2) is 18.2 Å². The molecule has 0 aliphatic heterocycles. The third-order valence-electron chi connectivity index (χ3n) is 3.13. The lowest BCUT2D eigenvalue weighted by Gasteiger charge is -2.16. The normalized spacial score (nSPS) is 9.25. The molecule has 1 aromatic carbocycles. The van der Waals surface area contributed by atoms with E-state index in [1.165, 1.54) is 14.2 Å². The summed E-state index contributed by atoms with van der Waals surface area (Å²) in [5.41, 5.74) is 0.338. The second kappa shape index (κ2) is 15.1. The first kappa shape index (κ1) is 24.7. The molecule has 0 spiro atoms. The molecule has 1 amide bonds. The zero-order valence-electron chi connectivity index (χ0n) is 14.5. The number of hydrogen-bond acceptors (Lipinski definition) is 5. The lowest BCUT2D eigenvalue weighted by atomic mass is 10.2. The first-order chi connectivity index (χ1) is 11.0. The second-order valence-corrected chi connectivity index (χ2v) is 4.84. The van der Waals surface area contributed by atoms with Gasteiger partial charge >= 0.3 is 5.97 Å². The fraction of sp³-hybridized carbons (Fsp3) is 0.500. The van der Waals surface area contributed by atoms with Crippen molar-refractivity contribution in [3.63, 3.8) is 0 Å². The molecule has 0 saturated heterocycles. The zero-order valence-corrected chi connectivity index (χ0v) is 16.1.